The molecule has 2 aromatic carbocycles. The van der Waals surface area contributed by atoms with Gasteiger partial charge in [-0.1, -0.05) is 31.2 Å². The number of rotatable bonds is 6. The van der Waals surface area contributed by atoms with Gasteiger partial charge >= 0.3 is 5.63 Å². The number of nitrogens with one attached hydrogen (secondary N) is 1. The van der Waals surface area contributed by atoms with E-state index in [1.165, 1.54) is 5.56 Å². The highest BCUT2D eigenvalue weighted by Crippen LogP contribution is 2.30. The summed E-state index contributed by atoms with van der Waals surface area (Å²) in [7, 11) is 0. The SMILES string of the molecule is CCc1ccc(C2=CNC(c3cc4ccc(N(CC)CC)cc4oc3=O)O2)cc1. The van der Waals surface area contributed by atoms with Crippen molar-refractivity contribution in [1.82, 2.24) is 5.32 Å². The van der Waals surface area contributed by atoms with Gasteiger partial charge in [-0.05, 0) is 44.0 Å². The largest absolute Gasteiger partial charge is 0.464 e. The van der Waals surface area contributed by atoms with E-state index < -0.39 is 6.23 Å². The molecule has 5 heteroatoms. The Bertz CT molecular complexity index is 1100. The molecular weight excluding hydrogens is 364 g/mol. The topological polar surface area (TPSA) is 54.7 Å². The Labute approximate surface area is 170 Å². The summed E-state index contributed by atoms with van der Waals surface area (Å²) in [5, 5.41) is 4.03. The Balaban J connectivity index is 1.59. The van der Waals surface area contributed by atoms with E-state index in [1.807, 2.05) is 30.3 Å². The molecule has 0 bridgehead atoms. The van der Waals surface area contributed by atoms with Crippen molar-refractivity contribution in [3.05, 3.63) is 81.8 Å². The standard InChI is InChI=1S/C24H26N2O3/c1-4-16-7-9-17(10-8-16)22-15-25-23(28-22)20-13-18-11-12-19(26(5-2)6-3)14-21(18)29-24(20)27/h7-15,23,25H,4-6H2,1-3H3. The van der Waals surface area contributed by atoms with Crippen LogP contribution >= 0.6 is 0 Å². The monoisotopic (exact) mass is 390 g/mol. The Kier molecular flexibility index (Phi) is 5.30. The maximum Gasteiger partial charge on any atom is 0.345 e. The highest BCUT2D eigenvalue weighted by Gasteiger charge is 2.24. The first-order valence-corrected chi connectivity index (χ1v) is 10.2. The summed E-state index contributed by atoms with van der Waals surface area (Å²) in [5.41, 5.74) is 3.96. The minimum atomic E-state index is -0.557. The van der Waals surface area contributed by atoms with Crippen LogP contribution in [0.4, 0.5) is 5.69 Å². The molecule has 5 nitrogen and oxygen atoms in total. The van der Waals surface area contributed by atoms with E-state index in [-0.39, 0.29) is 5.63 Å². The van der Waals surface area contributed by atoms with Gasteiger partial charge in [0.05, 0.1) is 5.56 Å². The van der Waals surface area contributed by atoms with Gasteiger partial charge < -0.3 is 19.4 Å². The van der Waals surface area contributed by atoms with Crippen LogP contribution in [0.2, 0.25) is 0 Å². The zero-order chi connectivity index (χ0) is 20.4. The van der Waals surface area contributed by atoms with Gasteiger partial charge in [-0.25, -0.2) is 4.79 Å². The summed E-state index contributed by atoms with van der Waals surface area (Å²) >= 11 is 0. The fourth-order valence-corrected chi connectivity index (χ4v) is 3.64. The molecule has 1 unspecified atom stereocenters. The van der Waals surface area contributed by atoms with Crippen LogP contribution in [0.3, 0.4) is 0 Å². The molecule has 150 valence electrons. The maximum atomic E-state index is 12.6. The molecule has 0 fully saturated rings. The third kappa shape index (κ3) is 3.73. The smallest absolute Gasteiger partial charge is 0.345 e. The Morgan fingerprint density at radius 1 is 1.00 bits per heavy atom. The quantitative estimate of drug-likeness (QED) is 0.612. The minimum absolute atomic E-state index is 0.386. The lowest BCUT2D eigenvalue weighted by molar-refractivity contribution is 0.170. The lowest BCUT2D eigenvalue weighted by Crippen LogP contribution is -2.22. The molecule has 0 saturated carbocycles. The molecule has 1 N–H and O–H groups in total. The van der Waals surface area contributed by atoms with Crippen LogP contribution in [0.25, 0.3) is 16.7 Å². The van der Waals surface area contributed by atoms with E-state index in [0.717, 1.165) is 36.1 Å². The predicted octanol–water partition coefficient (Wildman–Crippen LogP) is 4.82. The first kappa shape index (κ1) is 19.1. The van der Waals surface area contributed by atoms with Crippen LogP contribution in [-0.4, -0.2) is 13.1 Å². The summed E-state index contributed by atoms with van der Waals surface area (Å²) in [6.07, 6.45) is 2.24. The number of anilines is 1. The average molecular weight is 390 g/mol. The summed E-state index contributed by atoms with van der Waals surface area (Å²) in [4.78, 5) is 14.9. The zero-order valence-corrected chi connectivity index (χ0v) is 17.1. The van der Waals surface area contributed by atoms with Gasteiger partial charge in [-0.15, -0.1) is 0 Å². The highest BCUT2D eigenvalue weighted by atomic mass is 16.5. The van der Waals surface area contributed by atoms with Crippen molar-refractivity contribution in [2.24, 2.45) is 0 Å². The van der Waals surface area contributed by atoms with E-state index in [1.54, 1.807) is 6.20 Å². The van der Waals surface area contributed by atoms with Gasteiger partial charge in [0.1, 0.15) is 11.3 Å². The van der Waals surface area contributed by atoms with Gasteiger partial charge in [0.25, 0.3) is 0 Å². The van der Waals surface area contributed by atoms with E-state index in [0.29, 0.717) is 16.9 Å². The van der Waals surface area contributed by atoms with Crippen molar-refractivity contribution in [3.8, 4) is 0 Å². The maximum absolute atomic E-state index is 12.6. The van der Waals surface area contributed by atoms with Crippen LogP contribution < -0.4 is 15.8 Å². The molecule has 0 aliphatic carbocycles. The Morgan fingerprint density at radius 2 is 1.76 bits per heavy atom. The fraction of sp³-hybridized carbons (Fsp3) is 0.292. The van der Waals surface area contributed by atoms with Gasteiger partial charge in [-0.3, -0.25) is 0 Å². The van der Waals surface area contributed by atoms with Gasteiger partial charge in [0.2, 0.25) is 6.23 Å². The Hall–Kier alpha value is -3.21. The van der Waals surface area contributed by atoms with Gasteiger partial charge in [0, 0.05) is 42.0 Å². The van der Waals surface area contributed by atoms with E-state index in [9.17, 15) is 4.79 Å². The molecular formula is C24H26N2O3. The van der Waals surface area contributed by atoms with E-state index >= 15 is 0 Å². The van der Waals surface area contributed by atoms with Crippen molar-refractivity contribution in [2.75, 3.05) is 18.0 Å². The van der Waals surface area contributed by atoms with Crippen LogP contribution in [-0.2, 0) is 11.2 Å². The molecule has 29 heavy (non-hydrogen) atoms. The Morgan fingerprint density at radius 3 is 2.45 bits per heavy atom. The summed E-state index contributed by atoms with van der Waals surface area (Å²) < 4.78 is 11.6. The molecule has 0 saturated heterocycles. The van der Waals surface area contributed by atoms with Crippen LogP contribution in [0, 0.1) is 0 Å². The highest BCUT2D eigenvalue weighted by molar-refractivity contribution is 5.81. The third-order valence-electron chi connectivity index (χ3n) is 5.41. The predicted molar refractivity (Wildman–Crippen MR) is 117 cm³/mol. The number of hydrogen-bond acceptors (Lipinski definition) is 5. The van der Waals surface area contributed by atoms with Crippen molar-refractivity contribution < 1.29 is 9.15 Å². The molecule has 1 aliphatic heterocycles. The van der Waals surface area contributed by atoms with E-state index in [2.05, 4.69) is 49.2 Å². The molecule has 0 radical (unpaired) electrons. The molecule has 0 spiro atoms. The zero-order valence-electron chi connectivity index (χ0n) is 17.1. The molecule has 0 amide bonds. The molecule has 1 atom stereocenters. The number of ether oxygens (including phenoxy) is 1. The molecule has 3 aromatic rings. The number of nitrogens with zero attached hydrogens (tertiary/aromatic N) is 1. The fourth-order valence-electron chi connectivity index (χ4n) is 3.64. The second kappa shape index (κ2) is 8.03. The molecule has 1 aromatic heterocycles. The lowest BCUT2D eigenvalue weighted by Gasteiger charge is -2.21. The van der Waals surface area contributed by atoms with E-state index in [4.69, 9.17) is 9.15 Å². The number of aryl methyl sites for hydroxylation is 1. The van der Waals surface area contributed by atoms with Crippen LogP contribution in [0.1, 0.15) is 43.7 Å². The van der Waals surface area contributed by atoms with Gasteiger partial charge in [0.15, 0.2) is 0 Å². The number of fused-ring (bicyclic) bond motifs is 1. The molecule has 4 rings (SSSR count). The minimum Gasteiger partial charge on any atom is -0.464 e. The van der Waals surface area contributed by atoms with Crippen molar-refractivity contribution >= 4 is 22.4 Å². The average Bonchev–Trinajstić information content (AvgIpc) is 3.24. The second-order valence-corrected chi connectivity index (χ2v) is 7.11. The summed E-state index contributed by atoms with van der Waals surface area (Å²) in [6, 6.07) is 16.1. The van der Waals surface area contributed by atoms with Gasteiger partial charge in [-0.2, -0.15) is 0 Å². The first-order valence-electron chi connectivity index (χ1n) is 10.2. The first-order chi connectivity index (χ1) is 14.1. The summed E-state index contributed by atoms with van der Waals surface area (Å²) in [6.45, 7) is 8.14. The number of hydrogen-bond donors (Lipinski definition) is 1. The van der Waals surface area contributed by atoms with Crippen LogP contribution in [0.5, 0.6) is 0 Å². The molecule has 2 heterocycles. The van der Waals surface area contributed by atoms with Crippen LogP contribution in [0.15, 0.2) is 63.9 Å². The van der Waals surface area contributed by atoms with Crippen molar-refractivity contribution in [3.63, 3.8) is 0 Å². The lowest BCUT2D eigenvalue weighted by atomic mass is 10.1. The summed E-state index contributed by atoms with van der Waals surface area (Å²) in [5.74, 6) is 0.717. The normalized spacial score (nSPS) is 15.7. The number of benzene rings is 2. The van der Waals surface area contributed by atoms with Crippen molar-refractivity contribution in [1.29, 1.82) is 0 Å². The van der Waals surface area contributed by atoms with Crippen molar-refractivity contribution in [2.45, 2.75) is 33.4 Å². The third-order valence-corrected chi connectivity index (χ3v) is 5.41. The molecule has 1 aliphatic rings. The second-order valence-electron chi connectivity index (χ2n) is 7.11.